The molecule has 1 saturated heterocycles. The van der Waals surface area contributed by atoms with Crippen molar-refractivity contribution < 1.29 is 27.9 Å². The van der Waals surface area contributed by atoms with Crippen LogP contribution in [0.15, 0.2) is 55.0 Å². The lowest BCUT2D eigenvalue weighted by Crippen LogP contribution is -2.22. The van der Waals surface area contributed by atoms with Gasteiger partial charge < -0.3 is 15.7 Å². The molecule has 4 rings (SSSR count). The molecule has 9 nitrogen and oxygen atoms in total. The number of thiazole rings is 1. The van der Waals surface area contributed by atoms with Gasteiger partial charge in [0.25, 0.3) is 0 Å². The fourth-order valence-corrected chi connectivity index (χ4v) is 4.48. The van der Waals surface area contributed by atoms with E-state index >= 15 is 0 Å². The molecule has 0 spiro atoms. The van der Waals surface area contributed by atoms with E-state index < -0.39 is 22.9 Å². The number of likely N-dealkylation sites (tertiary alicyclic amines) is 1. The van der Waals surface area contributed by atoms with Gasteiger partial charge in [0.05, 0.1) is 36.3 Å². The smallest absolute Gasteiger partial charge is 0.392 e. The third-order valence-electron chi connectivity index (χ3n) is 5.87. The molecule has 1 aliphatic heterocycles. The summed E-state index contributed by atoms with van der Waals surface area (Å²) in [6.07, 6.45) is 2.63. The summed E-state index contributed by atoms with van der Waals surface area (Å²) in [6, 6.07) is 6.99. The Hall–Kier alpha value is -3.68. The predicted molar refractivity (Wildman–Crippen MR) is 136 cm³/mol. The molecule has 0 aliphatic carbocycles. The van der Waals surface area contributed by atoms with Gasteiger partial charge in [-0.3, -0.25) is 19.5 Å². The van der Waals surface area contributed by atoms with Crippen LogP contribution in [0.1, 0.15) is 29.7 Å². The predicted octanol–water partition coefficient (Wildman–Crippen LogP) is 3.92. The van der Waals surface area contributed by atoms with Crippen molar-refractivity contribution in [3.63, 3.8) is 0 Å². The fraction of sp³-hybridized carbons (Fsp3) is 0.320. The van der Waals surface area contributed by atoms with Gasteiger partial charge in [-0.1, -0.05) is 35.6 Å². The number of anilines is 2. The van der Waals surface area contributed by atoms with E-state index in [2.05, 4.69) is 25.6 Å². The standard InChI is InChI=1S/C25H25F3N6O3S/c1-15(23(37)33-24-31-12-20(38-24)25(26,27)28)16-4-2-5-17(10-16)19-11-30-21(13-29-19)32-22(36)6-3-8-34-9-7-18(35)14-34/h2-6,10-13,15,18,35H,7-9,14H2,1H3,(H,30,32,36)(H,31,33,37)/b6-3+/t15-,18?/m0/s1. The van der Waals surface area contributed by atoms with Crippen LogP contribution in [0.5, 0.6) is 0 Å². The summed E-state index contributed by atoms with van der Waals surface area (Å²) < 4.78 is 38.3. The van der Waals surface area contributed by atoms with Gasteiger partial charge in [0, 0.05) is 31.3 Å². The number of aliphatic hydroxyl groups excluding tert-OH is 1. The monoisotopic (exact) mass is 546 g/mol. The minimum Gasteiger partial charge on any atom is -0.392 e. The van der Waals surface area contributed by atoms with Crippen LogP contribution in [0.3, 0.4) is 0 Å². The van der Waals surface area contributed by atoms with Gasteiger partial charge in [0.15, 0.2) is 10.9 Å². The Morgan fingerprint density at radius 2 is 2.03 bits per heavy atom. The second kappa shape index (κ2) is 11.8. The first kappa shape index (κ1) is 27.4. The zero-order valence-electron chi connectivity index (χ0n) is 20.3. The van der Waals surface area contributed by atoms with Crippen molar-refractivity contribution in [1.82, 2.24) is 19.9 Å². The number of aromatic nitrogens is 3. The van der Waals surface area contributed by atoms with E-state index in [1.807, 2.05) is 4.90 Å². The van der Waals surface area contributed by atoms with Gasteiger partial charge in [0.2, 0.25) is 11.8 Å². The topological polar surface area (TPSA) is 120 Å². The van der Waals surface area contributed by atoms with E-state index in [-0.39, 0.29) is 23.0 Å². The van der Waals surface area contributed by atoms with Crippen LogP contribution < -0.4 is 10.6 Å². The van der Waals surface area contributed by atoms with E-state index in [1.165, 1.54) is 18.5 Å². The number of β-amino-alcohol motifs (C(OH)–C–C–N with tert-alkyl or cyclic N) is 1. The van der Waals surface area contributed by atoms with Crippen LogP contribution in [0.25, 0.3) is 11.3 Å². The number of carbonyl (C=O) groups is 2. The molecule has 0 saturated carbocycles. The first-order chi connectivity index (χ1) is 18.1. The summed E-state index contributed by atoms with van der Waals surface area (Å²) in [7, 11) is 0. The quantitative estimate of drug-likeness (QED) is 0.366. The van der Waals surface area contributed by atoms with Gasteiger partial charge in [-0.25, -0.2) is 9.97 Å². The van der Waals surface area contributed by atoms with E-state index in [1.54, 1.807) is 37.3 Å². The molecule has 2 atom stereocenters. The largest absolute Gasteiger partial charge is 0.427 e. The first-order valence-electron chi connectivity index (χ1n) is 11.7. The Bertz CT molecular complexity index is 1310. The summed E-state index contributed by atoms with van der Waals surface area (Å²) >= 11 is 0.364. The summed E-state index contributed by atoms with van der Waals surface area (Å²) in [5.41, 5.74) is 1.81. The van der Waals surface area contributed by atoms with E-state index in [0.29, 0.717) is 47.4 Å². The van der Waals surface area contributed by atoms with Crippen molar-refractivity contribution >= 4 is 34.1 Å². The van der Waals surface area contributed by atoms with Gasteiger partial charge in [-0.15, -0.1) is 0 Å². The van der Waals surface area contributed by atoms with E-state index in [0.717, 1.165) is 13.0 Å². The Morgan fingerprint density at radius 3 is 2.68 bits per heavy atom. The molecule has 0 bridgehead atoms. The third kappa shape index (κ3) is 7.21. The highest BCUT2D eigenvalue weighted by molar-refractivity contribution is 7.15. The number of nitrogens with zero attached hydrogens (tertiary/aromatic N) is 4. The van der Waals surface area contributed by atoms with Crippen LogP contribution in [-0.4, -0.2) is 62.5 Å². The second-order valence-electron chi connectivity index (χ2n) is 8.74. The molecule has 1 unspecified atom stereocenters. The van der Waals surface area contributed by atoms with Crippen LogP contribution in [0.2, 0.25) is 0 Å². The maximum Gasteiger partial charge on any atom is 0.427 e. The number of alkyl halides is 3. The average Bonchev–Trinajstić information content (AvgIpc) is 3.53. The Kier molecular flexibility index (Phi) is 8.49. The number of benzene rings is 1. The number of hydrogen-bond donors (Lipinski definition) is 3. The fourth-order valence-electron chi connectivity index (χ4n) is 3.79. The zero-order valence-corrected chi connectivity index (χ0v) is 21.1. The average molecular weight is 547 g/mol. The van der Waals surface area contributed by atoms with Crippen LogP contribution in [0.4, 0.5) is 24.1 Å². The molecule has 13 heteroatoms. The molecular formula is C25H25F3N6O3S. The van der Waals surface area contributed by atoms with Gasteiger partial charge >= 0.3 is 6.18 Å². The number of hydrogen-bond acceptors (Lipinski definition) is 8. The molecule has 3 aromatic rings. The van der Waals surface area contributed by atoms with Crippen LogP contribution >= 0.6 is 11.3 Å². The molecule has 200 valence electrons. The second-order valence-corrected chi connectivity index (χ2v) is 9.78. The van der Waals surface area contributed by atoms with Crippen molar-refractivity contribution in [1.29, 1.82) is 0 Å². The third-order valence-corrected chi connectivity index (χ3v) is 6.83. The van der Waals surface area contributed by atoms with Crippen LogP contribution in [-0.2, 0) is 15.8 Å². The zero-order chi connectivity index (χ0) is 27.3. The van der Waals surface area contributed by atoms with Crippen molar-refractivity contribution in [2.45, 2.75) is 31.5 Å². The highest BCUT2D eigenvalue weighted by atomic mass is 32.1. The number of rotatable bonds is 8. The molecule has 38 heavy (non-hydrogen) atoms. The maximum atomic E-state index is 12.8. The number of halogens is 3. The summed E-state index contributed by atoms with van der Waals surface area (Å²) in [5.74, 6) is -1.25. The Labute approximate surface area is 220 Å². The number of nitrogens with one attached hydrogen (secondary N) is 2. The molecule has 0 radical (unpaired) electrons. The molecule has 3 heterocycles. The first-order valence-corrected chi connectivity index (χ1v) is 12.5. The van der Waals surface area contributed by atoms with E-state index in [4.69, 9.17) is 0 Å². The molecule has 3 N–H and O–H groups in total. The number of carbonyl (C=O) groups excluding carboxylic acids is 2. The van der Waals surface area contributed by atoms with Crippen LogP contribution in [0, 0.1) is 0 Å². The minimum atomic E-state index is -4.52. The van der Waals surface area contributed by atoms with Crippen molar-refractivity contribution in [2.24, 2.45) is 0 Å². The Balaban J connectivity index is 1.34. The summed E-state index contributed by atoms with van der Waals surface area (Å²) in [5, 5.41) is 14.5. The van der Waals surface area contributed by atoms with Gasteiger partial charge in [0.1, 0.15) is 4.88 Å². The summed E-state index contributed by atoms with van der Waals surface area (Å²) in [4.78, 5) is 38.1. The Morgan fingerprint density at radius 1 is 1.21 bits per heavy atom. The maximum absolute atomic E-state index is 12.8. The summed E-state index contributed by atoms with van der Waals surface area (Å²) in [6.45, 7) is 3.59. The van der Waals surface area contributed by atoms with Crippen molar-refractivity contribution in [3.8, 4) is 11.3 Å². The van der Waals surface area contributed by atoms with Crippen molar-refractivity contribution in [2.75, 3.05) is 30.3 Å². The normalized spacial score (nSPS) is 17.0. The molecule has 2 amide bonds. The molecule has 2 aromatic heterocycles. The highest BCUT2D eigenvalue weighted by Crippen LogP contribution is 2.35. The molecule has 1 aromatic carbocycles. The molecule has 1 aliphatic rings. The highest BCUT2D eigenvalue weighted by Gasteiger charge is 2.33. The SMILES string of the molecule is C[C@H](C(=O)Nc1ncc(C(F)(F)F)s1)c1cccc(-c2cnc(NC(=O)/C=C/CN3CCC(O)C3)cn2)c1. The van der Waals surface area contributed by atoms with E-state index in [9.17, 15) is 27.9 Å². The lowest BCUT2D eigenvalue weighted by Gasteiger charge is -2.12. The number of aliphatic hydroxyl groups is 1. The lowest BCUT2D eigenvalue weighted by atomic mass is 9.97. The van der Waals surface area contributed by atoms with Gasteiger partial charge in [-0.2, -0.15) is 13.2 Å². The van der Waals surface area contributed by atoms with Crippen molar-refractivity contribution in [3.05, 3.63) is 65.4 Å². The molecule has 1 fully saturated rings. The molecular weight excluding hydrogens is 521 g/mol. The minimum absolute atomic E-state index is 0.126. The number of amides is 2. The lowest BCUT2D eigenvalue weighted by molar-refractivity contribution is -0.134. The van der Waals surface area contributed by atoms with Gasteiger partial charge in [-0.05, 0) is 25.0 Å².